The van der Waals surface area contributed by atoms with Crippen LogP contribution in [0.4, 0.5) is 5.69 Å². The first-order chi connectivity index (χ1) is 19.7. The Morgan fingerprint density at radius 3 is 2.66 bits per heavy atom. The van der Waals surface area contributed by atoms with Crippen LogP contribution >= 0.6 is 11.3 Å². The van der Waals surface area contributed by atoms with Crippen molar-refractivity contribution >= 4 is 33.0 Å². The topological polar surface area (TPSA) is 143 Å². The lowest BCUT2D eigenvalue weighted by molar-refractivity contribution is 0.0904. The van der Waals surface area contributed by atoms with Crippen LogP contribution in [0.1, 0.15) is 54.1 Å². The van der Waals surface area contributed by atoms with Crippen LogP contribution < -0.4 is 14.8 Å². The number of sulfonamides is 1. The van der Waals surface area contributed by atoms with Crippen LogP contribution in [-0.2, 0) is 10.0 Å². The molecule has 41 heavy (non-hydrogen) atoms. The van der Waals surface area contributed by atoms with Gasteiger partial charge in [-0.1, -0.05) is 0 Å². The molecule has 14 heteroatoms. The van der Waals surface area contributed by atoms with Gasteiger partial charge in [0.15, 0.2) is 5.01 Å². The van der Waals surface area contributed by atoms with E-state index in [1.165, 1.54) is 11.3 Å². The summed E-state index contributed by atoms with van der Waals surface area (Å²) in [5.74, 6) is 0.0693. The normalized spacial score (nSPS) is 17.4. The largest absolute Gasteiger partial charge is 0.477 e. The Balaban J connectivity index is 1.34. The fourth-order valence-corrected chi connectivity index (χ4v) is 6.97. The monoisotopic (exact) mass is 600 g/mol. The van der Waals surface area contributed by atoms with Crippen LogP contribution in [0.15, 0.2) is 36.9 Å². The van der Waals surface area contributed by atoms with E-state index in [1.807, 2.05) is 6.92 Å². The van der Waals surface area contributed by atoms with Crippen molar-refractivity contribution in [3.8, 4) is 16.5 Å². The number of ether oxygens (including phenoxy) is 1. The molecule has 3 aromatic rings. The summed E-state index contributed by atoms with van der Waals surface area (Å²) in [7, 11) is 0.770. The van der Waals surface area contributed by atoms with E-state index in [-0.39, 0.29) is 16.2 Å². The minimum absolute atomic E-state index is 0.283. The molecule has 2 aliphatic rings. The van der Waals surface area contributed by atoms with E-state index in [2.05, 4.69) is 53.9 Å². The second-order valence-electron chi connectivity index (χ2n) is 10.5. The number of rotatable bonds is 12. The molecule has 0 aromatic carbocycles. The molecule has 1 aliphatic carbocycles. The first kappa shape index (κ1) is 29.3. The molecule has 12 nitrogen and oxygen atoms in total. The highest BCUT2D eigenvalue weighted by Gasteiger charge is 2.36. The van der Waals surface area contributed by atoms with Crippen molar-refractivity contribution < 1.29 is 17.9 Å². The van der Waals surface area contributed by atoms with Gasteiger partial charge in [0.2, 0.25) is 15.9 Å². The SMILES string of the molecule is CCOc1cncc(-c2cnc(C(=O)N[C@H](CN3CCC(N(C)C)CC3)c3cc(NS(=O)(=O)C4CC4)ccn3)s2)n1. The number of hydrogen-bond acceptors (Lipinski definition) is 11. The quantitative estimate of drug-likeness (QED) is 0.319. The lowest BCUT2D eigenvalue weighted by atomic mass is 10.0. The van der Waals surface area contributed by atoms with Crippen molar-refractivity contribution in [2.45, 2.75) is 49.9 Å². The van der Waals surface area contributed by atoms with Crippen molar-refractivity contribution in [1.29, 1.82) is 0 Å². The number of hydrogen-bond donors (Lipinski definition) is 2. The number of piperidine rings is 1. The summed E-state index contributed by atoms with van der Waals surface area (Å²) in [6.07, 6.45) is 9.72. The fourth-order valence-electron chi connectivity index (χ4n) is 4.82. The molecule has 5 rings (SSSR count). The number of carbonyl (C=O) groups excluding carboxylic acids is 1. The summed E-state index contributed by atoms with van der Waals surface area (Å²) in [5.41, 5.74) is 1.60. The molecule has 1 aliphatic heterocycles. The Morgan fingerprint density at radius 2 is 1.95 bits per heavy atom. The highest BCUT2D eigenvalue weighted by atomic mass is 32.2. The van der Waals surface area contributed by atoms with E-state index in [1.54, 1.807) is 36.9 Å². The predicted molar refractivity (Wildman–Crippen MR) is 157 cm³/mol. The smallest absolute Gasteiger partial charge is 0.280 e. The minimum Gasteiger partial charge on any atom is -0.477 e. The molecule has 1 saturated heterocycles. The van der Waals surface area contributed by atoms with Gasteiger partial charge >= 0.3 is 0 Å². The van der Waals surface area contributed by atoms with Crippen molar-refractivity contribution in [1.82, 2.24) is 35.1 Å². The number of aromatic nitrogens is 4. The highest BCUT2D eigenvalue weighted by molar-refractivity contribution is 7.93. The molecule has 4 heterocycles. The number of amides is 1. The van der Waals surface area contributed by atoms with Crippen molar-refractivity contribution in [2.75, 3.05) is 45.1 Å². The Morgan fingerprint density at radius 1 is 1.17 bits per heavy atom. The standard InChI is InChI=1S/C27H36N8O4S2/c1-4-39-25-16-28-14-22(31-25)24-15-30-27(40-24)26(36)32-23(17-35-11-8-19(9-12-35)34(2)3)21-13-18(7-10-29-21)33-41(37,38)20-5-6-20/h7,10,13-16,19-20,23H,4-6,8-9,11-12,17H2,1-3H3,(H,29,33)(H,32,36)/t23-/m1/s1. The number of likely N-dealkylation sites (tertiary alicyclic amines) is 1. The van der Waals surface area contributed by atoms with Crippen LogP contribution in [0, 0.1) is 0 Å². The van der Waals surface area contributed by atoms with Gasteiger partial charge in [-0.15, -0.1) is 11.3 Å². The van der Waals surface area contributed by atoms with Gasteiger partial charge in [-0.3, -0.25) is 19.5 Å². The number of nitrogens with zero attached hydrogens (tertiary/aromatic N) is 6. The maximum Gasteiger partial charge on any atom is 0.280 e. The molecule has 220 valence electrons. The zero-order valence-corrected chi connectivity index (χ0v) is 25.1. The molecular weight excluding hydrogens is 564 g/mol. The number of carbonyl (C=O) groups is 1. The van der Waals surface area contributed by atoms with Gasteiger partial charge < -0.3 is 19.9 Å². The number of thiazole rings is 1. The van der Waals surface area contributed by atoms with E-state index in [4.69, 9.17) is 4.74 Å². The Bertz CT molecular complexity index is 1450. The third-order valence-corrected chi connectivity index (χ3v) is 10.1. The summed E-state index contributed by atoms with van der Waals surface area (Å²) in [6.45, 7) is 4.66. The number of anilines is 1. The molecule has 2 N–H and O–H groups in total. The first-order valence-electron chi connectivity index (χ1n) is 13.8. The van der Waals surface area contributed by atoms with Crippen molar-refractivity contribution in [3.05, 3.63) is 47.6 Å². The summed E-state index contributed by atoms with van der Waals surface area (Å²) in [5, 5.41) is 3.05. The van der Waals surface area contributed by atoms with Gasteiger partial charge in [0.25, 0.3) is 5.91 Å². The van der Waals surface area contributed by atoms with Gasteiger partial charge in [-0.25, -0.2) is 18.4 Å². The zero-order chi connectivity index (χ0) is 29.0. The van der Waals surface area contributed by atoms with Crippen LogP contribution in [0.5, 0.6) is 5.88 Å². The van der Waals surface area contributed by atoms with Crippen molar-refractivity contribution in [3.63, 3.8) is 0 Å². The van der Waals surface area contributed by atoms with Crippen molar-refractivity contribution in [2.24, 2.45) is 0 Å². The molecule has 1 saturated carbocycles. The second-order valence-corrected chi connectivity index (χ2v) is 13.5. The van der Waals surface area contributed by atoms with E-state index >= 15 is 0 Å². The summed E-state index contributed by atoms with van der Waals surface area (Å²) >= 11 is 1.22. The van der Waals surface area contributed by atoms with E-state index in [0.29, 0.717) is 59.9 Å². The number of nitrogens with one attached hydrogen (secondary N) is 2. The molecule has 0 radical (unpaired) electrons. The van der Waals surface area contributed by atoms with E-state index < -0.39 is 16.1 Å². The zero-order valence-electron chi connectivity index (χ0n) is 23.5. The van der Waals surface area contributed by atoms with Gasteiger partial charge in [-0.2, -0.15) is 0 Å². The van der Waals surface area contributed by atoms with Gasteiger partial charge in [0.05, 0.1) is 46.6 Å². The maximum atomic E-state index is 13.4. The first-order valence-corrected chi connectivity index (χ1v) is 16.2. The number of pyridine rings is 1. The van der Waals surface area contributed by atoms with Gasteiger partial charge in [0.1, 0.15) is 5.69 Å². The third-order valence-electron chi connectivity index (χ3n) is 7.25. The summed E-state index contributed by atoms with van der Waals surface area (Å²) < 4.78 is 33.2. The Kier molecular flexibility index (Phi) is 9.12. The lowest BCUT2D eigenvalue weighted by Crippen LogP contribution is -2.45. The molecule has 2 fully saturated rings. The van der Waals surface area contributed by atoms with Crippen LogP contribution in [0.25, 0.3) is 10.6 Å². The Hall–Kier alpha value is -3.20. The average Bonchev–Trinajstić information content (AvgIpc) is 3.71. The Labute approximate surface area is 244 Å². The summed E-state index contributed by atoms with van der Waals surface area (Å²) in [6, 6.07) is 3.39. The van der Waals surface area contributed by atoms with E-state index in [9.17, 15) is 13.2 Å². The molecule has 0 bridgehead atoms. The van der Waals surface area contributed by atoms with Gasteiger partial charge in [-0.05, 0) is 71.9 Å². The average molecular weight is 601 g/mol. The predicted octanol–water partition coefficient (Wildman–Crippen LogP) is 2.80. The van der Waals surface area contributed by atoms with Crippen LogP contribution in [0.2, 0.25) is 0 Å². The van der Waals surface area contributed by atoms with Crippen LogP contribution in [0.3, 0.4) is 0 Å². The minimum atomic E-state index is -3.43. The molecule has 0 unspecified atom stereocenters. The summed E-state index contributed by atoms with van der Waals surface area (Å²) in [4.78, 5) is 36.2. The van der Waals surface area contributed by atoms with E-state index in [0.717, 1.165) is 25.9 Å². The fraction of sp³-hybridized carbons (Fsp3) is 0.519. The lowest BCUT2D eigenvalue weighted by Gasteiger charge is -2.36. The third kappa shape index (κ3) is 7.56. The highest BCUT2D eigenvalue weighted by Crippen LogP contribution is 2.30. The van der Waals surface area contributed by atoms with Crippen LogP contribution in [-0.4, -0.2) is 95.7 Å². The molecule has 3 aromatic heterocycles. The molecular formula is C27H36N8O4S2. The molecule has 1 amide bonds. The second kappa shape index (κ2) is 12.8. The molecule has 0 spiro atoms. The molecule has 1 atom stereocenters. The maximum absolute atomic E-state index is 13.4. The van der Waals surface area contributed by atoms with Gasteiger partial charge in [0, 0.05) is 25.0 Å².